The zero-order valence-corrected chi connectivity index (χ0v) is 19.7. The van der Waals surface area contributed by atoms with Crippen LogP contribution in [0.3, 0.4) is 0 Å². The minimum Gasteiger partial charge on any atom is -0.274 e. The number of hydrogen-bond donors (Lipinski definition) is 1. The van der Waals surface area contributed by atoms with Crippen molar-refractivity contribution in [3.8, 4) is 0 Å². The highest BCUT2D eigenvalue weighted by Gasteiger charge is 2.60. The van der Waals surface area contributed by atoms with Crippen LogP contribution in [0.5, 0.6) is 0 Å². The Morgan fingerprint density at radius 2 is 1.52 bits per heavy atom. The van der Waals surface area contributed by atoms with Gasteiger partial charge in [-0.05, 0) is 49.7 Å². The highest BCUT2D eigenvalue weighted by Crippen LogP contribution is 2.42. The highest BCUT2D eigenvalue weighted by molar-refractivity contribution is 9.10. The van der Waals surface area contributed by atoms with Crippen molar-refractivity contribution in [3.05, 3.63) is 99.5 Å². The zero-order chi connectivity index (χ0) is 23.3. The lowest BCUT2D eigenvalue weighted by Crippen LogP contribution is -2.48. The largest absolute Gasteiger partial charge is 0.274 e. The standard InChI is InChI=1S/C26H22BrN3O3/c1-15-6-10-17(11-7-15)22-21-23(30(28-22)24(31)18-4-3-5-19(27)14-18)26(33)29(25(21)32)20-12-8-16(2)9-13-20/h3-14,21-23,28H,1-2H3/t21-,22+,23+/m1/s1. The lowest BCUT2D eigenvalue weighted by molar-refractivity contribution is -0.123. The first-order valence-electron chi connectivity index (χ1n) is 10.7. The molecule has 166 valence electrons. The number of halogens is 1. The van der Waals surface area contributed by atoms with Gasteiger partial charge in [0.15, 0.2) is 0 Å². The van der Waals surface area contributed by atoms with Gasteiger partial charge >= 0.3 is 0 Å². The number of amides is 3. The van der Waals surface area contributed by atoms with Crippen LogP contribution in [0, 0.1) is 19.8 Å². The van der Waals surface area contributed by atoms with E-state index in [-0.39, 0.29) is 11.8 Å². The molecule has 0 aromatic heterocycles. The van der Waals surface area contributed by atoms with Crippen LogP contribution in [-0.2, 0) is 9.59 Å². The van der Waals surface area contributed by atoms with Gasteiger partial charge in [-0.25, -0.2) is 10.3 Å². The molecule has 5 rings (SSSR count). The number of fused-ring (bicyclic) bond motifs is 1. The van der Waals surface area contributed by atoms with Gasteiger partial charge in [0.25, 0.3) is 11.8 Å². The predicted molar refractivity (Wildman–Crippen MR) is 128 cm³/mol. The average Bonchev–Trinajstić information content (AvgIpc) is 3.31. The van der Waals surface area contributed by atoms with E-state index < -0.39 is 23.9 Å². The molecule has 2 fully saturated rings. The molecule has 3 atom stereocenters. The molecule has 2 aliphatic heterocycles. The van der Waals surface area contributed by atoms with E-state index in [1.54, 1.807) is 30.3 Å². The zero-order valence-electron chi connectivity index (χ0n) is 18.2. The van der Waals surface area contributed by atoms with Crippen molar-refractivity contribution in [1.82, 2.24) is 10.4 Å². The van der Waals surface area contributed by atoms with Crippen LogP contribution in [0.25, 0.3) is 0 Å². The third kappa shape index (κ3) is 3.67. The van der Waals surface area contributed by atoms with Gasteiger partial charge in [-0.3, -0.25) is 19.4 Å². The first-order chi connectivity index (χ1) is 15.8. The second kappa shape index (κ2) is 8.24. The first kappa shape index (κ1) is 21.6. The molecule has 0 saturated carbocycles. The van der Waals surface area contributed by atoms with Gasteiger partial charge in [0.1, 0.15) is 6.04 Å². The summed E-state index contributed by atoms with van der Waals surface area (Å²) in [5, 5.41) is 1.34. The maximum absolute atomic E-state index is 13.6. The summed E-state index contributed by atoms with van der Waals surface area (Å²) >= 11 is 3.40. The van der Waals surface area contributed by atoms with Gasteiger partial charge in [-0.15, -0.1) is 0 Å². The van der Waals surface area contributed by atoms with Crippen molar-refractivity contribution in [3.63, 3.8) is 0 Å². The summed E-state index contributed by atoms with van der Waals surface area (Å²) in [6.45, 7) is 3.93. The van der Waals surface area contributed by atoms with E-state index in [9.17, 15) is 14.4 Å². The quantitative estimate of drug-likeness (QED) is 0.540. The van der Waals surface area contributed by atoms with Crippen LogP contribution >= 0.6 is 15.9 Å². The Bertz CT molecular complexity index is 1260. The Balaban J connectivity index is 1.58. The van der Waals surface area contributed by atoms with Crippen molar-refractivity contribution in [1.29, 1.82) is 0 Å². The number of rotatable bonds is 3. The molecule has 0 unspecified atom stereocenters. The molecule has 0 aliphatic carbocycles. The van der Waals surface area contributed by atoms with E-state index in [1.807, 2.05) is 56.3 Å². The topological polar surface area (TPSA) is 69.7 Å². The van der Waals surface area contributed by atoms with Crippen molar-refractivity contribution >= 4 is 39.3 Å². The SMILES string of the molecule is Cc1ccc([C@@H]2NN(C(=O)c3cccc(Br)c3)[C@@H]3C(=O)N(c4ccc(C)cc4)C(=O)[C@@H]32)cc1. The molecule has 2 heterocycles. The molecule has 3 amide bonds. The minimum absolute atomic E-state index is 0.309. The molecular weight excluding hydrogens is 482 g/mol. The third-order valence-electron chi connectivity index (χ3n) is 6.25. The van der Waals surface area contributed by atoms with Crippen molar-refractivity contribution in [2.45, 2.75) is 25.9 Å². The molecule has 0 spiro atoms. The molecule has 0 radical (unpaired) electrons. The maximum atomic E-state index is 13.6. The fourth-order valence-electron chi connectivity index (χ4n) is 4.53. The summed E-state index contributed by atoms with van der Waals surface area (Å²) in [7, 11) is 0. The number of benzene rings is 3. The van der Waals surface area contributed by atoms with E-state index in [0.717, 1.165) is 21.2 Å². The molecule has 3 aromatic carbocycles. The Morgan fingerprint density at radius 3 is 2.15 bits per heavy atom. The number of aryl methyl sites for hydroxylation is 2. The van der Waals surface area contributed by atoms with E-state index >= 15 is 0 Å². The summed E-state index contributed by atoms with van der Waals surface area (Å²) in [6.07, 6.45) is 0. The van der Waals surface area contributed by atoms with E-state index in [4.69, 9.17) is 0 Å². The van der Waals surface area contributed by atoms with Crippen molar-refractivity contribution < 1.29 is 14.4 Å². The van der Waals surface area contributed by atoms with Crippen LogP contribution in [-0.4, -0.2) is 28.8 Å². The van der Waals surface area contributed by atoms with Crippen LogP contribution in [0.1, 0.15) is 33.1 Å². The summed E-state index contributed by atoms with van der Waals surface area (Å²) in [4.78, 5) is 41.9. The lowest BCUT2D eigenvalue weighted by atomic mass is 9.90. The summed E-state index contributed by atoms with van der Waals surface area (Å²) < 4.78 is 0.759. The number of hydrogen-bond acceptors (Lipinski definition) is 4. The molecule has 0 bridgehead atoms. The van der Waals surface area contributed by atoms with Crippen LogP contribution in [0.4, 0.5) is 5.69 Å². The number of nitrogens with zero attached hydrogens (tertiary/aromatic N) is 2. The van der Waals surface area contributed by atoms with Gasteiger partial charge in [-0.1, -0.05) is 69.5 Å². The number of carbonyl (C=O) groups is 3. The maximum Gasteiger partial charge on any atom is 0.268 e. The van der Waals surface area contributed by atoms with Gasteiger partial charge in [0.05, 0.1) is 17.6 Å². The number of carbonyl (C=O) groups excluding carboxylic acids is 3. The van der Waals surface area contributed by atoms with Gasteiger partial charge in [0, 0.05) is 10.0 Å². The third-order valence-corrected chi connectivity index (χ3v) is 6.75. The van der Waals surface area contributed by atoms with Crippen LogP contribution < -0.4 is 10.3 Å². The molecule has 1 N–H and O–H groups in total. The number of imide groups is 1. The van der Waals surface area contributed by atoms with E-state index in [1.165, 1.54) is 9.91 Å². The van der Waals surface area contributed by atoms with Gasteiger partial charge < -0.3 is 0 Å². The van der Waals surface area contributed by atoms with Crippen molar-refractivity contribution in [2.75, 3.05) is 4.90 Å². The fraction of sp³-hybridized carbons (Fsp3) is 0.192. The Kier molecular flexibility index (Phi) is 5.38. The second-order valence-electron chi connectivity index (χ2n) is 8.52. The van der Waals surface area contributed by atoms with Crippen molar-refractivity contribution in [2.24, 2.45) is 5.92 Å². The Hall–Kier alpha value is -3.29. The second-order valence-corrected chi connectivity index (χ2v) is 9.44. The molecule has 6 nitrogen and oxygen atoms in total. The fourth-order valence-corrected chi connectivity index (χ4v) is 4.93. The molecule has 3 aromatic rings. The molecule has 33 heavy (non-hydrogen) atoms. The van der Waals surface area contributed by atoms with Crippen LogP contribution in [0.15, 0.2) is 77.3 Å². The van der Waals surface area contributed by atoms with E-state index in [2.05, 4.69) is 21.4 Å². The molecule has 2 aliphatic rings. The smallest absolute Gasteiger partial charge is 0.268 e. The molecule has 2 saturated heterocycles. The summed E-state index contributed by atoms with van der Waals surface area (Å²) in [5.41, 5.74) is 7.10. The highest BCUT2D eigenvalue weighted by atomic mass is 79.9. The minimum atomic E-state index is -0.934. The normalized spacial score (nSPS) is 22.1. The molecule has 7 heteroatoms. The Labute approximate surface area is 200 Å². The van der Waals surface area contributed by atoms with Gasteiger partial charge in [0.2, 0.25) is 5.91 Å². The summed E-state index contributed by atoms with van der Waals surface area (Å²) in [5.74, 6) is -1.79. The van der Waals surface area contributed by atoms with Gasteiger partial charge in [-0.2, -0.15) is 0 Å². The average molecular weight is 504 g/mol. The monoisotopic (exact) mass is 503 g/mol. The summed E-state index contributed by atoms with van der Waals surface area (Å²) in [6, 6.07) is 20.6. The molecular formula is C26H22BrN3O3. The lowest BCUT2D eigenvalue weighted by Gasteiger charge is -2.25. The number of hydrazine groups is 1. The number of anilines is 1. The Morgan fingerprint density at radius 1 is 0.879 bits per heavy atom. The first-order valence-corrected chi connectivity index (χ1v) is 11.5. The predicted octanol–water partition coefficient (Wildman–Crippen LogP) is 4.33. The number of nitrogens with one attached hydrogen (secondary N) is 1. The van der Waals surface area contributed by atoms with E-state index in [0.29, 0.717) is 11.3 Å². The van der Waals surface area contributed by atoms with Crippen LogP contribution in [0.2, 0.25) is 0 Å².